The number of hydrogen-bond donors (Lipinski definition) is 0. The fraction of sp³-hybridized carbons (Fsp3) is 0. The number of anilines is 3. The molecular formula is C48H29NOS2. The normalized spacial score (nSPS) is 11.8. The van der Waals surface area contributed by atoms with Gasteiger partial charge in [0.25, 0.3) is 0 Å². The number of para-hydroxylation sites is 1. The van der Waals surface area contributed by atoms with Gasteiger partial charge in [-0.05, 0) is 82.9 Å². The Balaban J connectivity index is 1.17. The maximum atomic E-state index is 6.45. The van der Waals surface area contributed by atoms with Crippen LogP contribution in [0.15, 0.2) is 180 Å². The fourth-order valence-corrected chi connectivity index (χ4v) is 10.4. The third-order valence-corrected chi connectivity index (χ3v) is 12.6. The van der Waals surface area contributed by atoms with Crippen LogP contribution < -0.4 is 4.90 Å². The van der Waals surface area contributed by atoms with Gasteiger partial charge in [0.15, 0.2) is 0 Å². The summed E-state index contributed by atoms with van der Waals surface area (Å²) in [4.78, 5) is 2.45. The summed E-state index contributed by atoms with van der Waals surface area (Å²) in [5, 5.41) is 7.48. The summed E-state index contributed by atoms with van der Waals surface area (Å²) in [5.41, 5.74) is 9.93. The molecule has 0 unspecified atom stereocenters. The Morgan fingerprint density at radius 1 is 0.365 bits per heavy atom. The van der Waals surface area contributed by atoms with E-state index in [9.17, 15) is 0 Å². The van der Waals surface area contributed by atoms with E-state index in [0.29, 0.717) is 0 Å². The van der Waals surface area contributed by atoms with Gasteiger partial charge in [0.05, 0.1) is 16.8 Å². The summed E-state index contributed by atoms with van der Waals surface area (Å²) in [6.07, 6.45) is 0. The van der Waals surface area contributed by atoms with Crippen molar-refractivity contribution in [2.24, 2.45) is 0 Å². The molecule has 3 heterocycles. The largest absolute Gasteiger partial charge is 0.456 e. The van der Waals surface area contributed by atoms with Crippen LogP contribution in [0, 0.1) is 0 Å². The van der Waals surface area contributed by atoms with Crippen molar-refractivity contribution in [2.45, 2.75) is 0 Å². The highest BCUT2D eigenvalue weighted by Gasteiger charge is 2.24. The first-order chi connectivity index (χ1) is 25.8. The molecule has 4 heteroatoms. The third-order valence-electron chi connectivity index (χ3n) is 10.3. The third kappa shape index (κ3) is 4.55. The van der Waals surface area contributed by atoms with E-state index in [2.05, 4.69) is 175 Å². The predicted molar refractivity (Wildman–Crippen MR) is 225 cm³/mol. The summed E-state index contributed by atoms with van der Waals surface area (Å²) < 4.78 is 11.7. The van der Waals surface area contributed by atoms with E-state index in [1.165, 1.54) is 62.6 Å². The number of fused-ring (bicyclic) bond motifs is 10. The van der Waals surface area contributed by atoms with Crippen LogP contribution in [0.3, 0.4) is 0 Å². The average Bonchev–Trinajstić information content (AvgIpc) is 3.90. The number of hydrogen-bond acceptors (Lipinski definition) is 4. The zero-order chi connectivity index (χ0) is 34.2. The van der Waals surface area contributed by atoms with Crippen LogP contribution in [0.5, 0.6) is 0 Å². The van der Waals surface area contributed by atoms with Gasteiger partial charge in [-0.25, -0.2) is 0 Å². The van der Waals surface area contributed by atoms with Crippen molar-refractivity contribution < 1.29 is 4.42 Å². The van der Waals surface area contributed by atoms with Crippen LogP contribution in [0.4, 0.5) is 17.1 Å². The van der Waals surface area contributed by atoms with E-state index in [4.69, 9.17) is 4.42 Å². The lowest BCUT2D eigenvalue weighted by atomic mass is 9.98. The molecule has 3 aromatic heterocycles. The standard InChI is InChI=1S/C48H29NOS2/c1-2-11-30(12-3-1)32-13-8-14-33(29-32)31-23-25-34(26-24-31)49(38-17-9-20-41-45(38)37-16-4-6-19-40(37)50-41)39-18-10-22-43-46(39)47-44(51-43)28-27-36-35-15-5-7-21-42(35)52-48(36)47/h1-29H. The highest BCUT2D eigenvalue weighted by molar-refractivity contribution is 7.29. The molecular weight excluding hydrogens is 671 g/mol. The molecule has 0 bridgehead atoms. The molecule has 11 rings (SSSR count). The molecule has 0 aliphatic carbocycles. The molecule has 0 amide bonds. The van der Waals surface area contributed by atoms with Gasteiger partial charge in [0, 0.05) is 51.4 Å². The van der Waals surface area contributed by atoms with E-state index in [1.807, 2.05) is 28.7 Å². The minimum absolute atomic E-state index is 0.882. The van der Waals surface area contributed by atoms with Crippen molar-refractivity contribution >= 4 is 102 Å². The molecule has 0 atom stereocenters. The van der Waals surface area contributed by atoms with Gasteiger partial charge in [0.1, 0.15) is 11.2 Å². The van der Waals surface area contributed by atoms with Crippen molar-refractivity contribution in [1.29, 1.82) is 0 Å². The quantitative estimate of drug-likeness (QED) is 0.178. The molecule has 0 aliphatic rings. The second kappa shape index (κ2) is 11.7. The average molecular weight is 700 g/mol. The van der Waals surface area contributed by atoms with Gasteiger partial charge in [-0.3, -0.25) is 0 Å². The van der Waals surface area contributed by atoms with Crippen LogP contribution in [0.25, 0.3) is 84.5 Å². The van der Waals surface area contributed by atoms with Crippen LogP contribution in [0.2, 0.25) is 0 Å². The van der Waals surface area contributed by atoms with E-state index in [1.54, 1.807) is 0 Å². The summed E-state index contributed by atoms with van der Waals surface area (Å²) in [6.45, 7) is 0. The maximum absolute atomic E-state index is 6.45. The molecule has 0 N–H and O–H groups in total. The van der Waals surface area contributed by atoms with Crippen molar-refractivity contribution in [3.8, 4) is 22.3 Å². The highest BCUT2D eigenvalue weighted by atomic mass is 32.1. The summed E-state index contributed by atoms with van der Waals surface area (Å²) in [6, 6.07) is 63.5. The van der Waals surface area contributed by atoms with Crippen LogP contribution in [-0.2, 0) is 0 Å². The summed E-state index contributed by atoms with van der Waals surface area (Å²) >= 11 is 3.78. The first-order valence-corrected chi connectivity index (χ1v) is 19.1. The monoisotopic (exact) mass is 699 g/mol. The van der Waals surface area contributed by atoms with E-state index in [0.717, 1.165) is 39.0 Å². The van der Waals surface area contributed by atoms with Gasteiger partial charge in [0.2, 0.25) is 0 Å². The number of furan rings is 1. The summed E-state index contributed by atoms with van der Waals surface area (Å²) in [7, 11) is 0. The SMILES string of the molecule is c1ccc(-c2cccc(-c3ccc(N(c4cccc5oc6ccccc6c45)c4cccc5sc6ccc7c8ccccc8sc7c6c45)cc3)c2)cc1. The summed E-state index contributed by atoms with van der Waals surface area (Å²) in [5.74, 6) is 0. The van der Waals surface area contributed by atoms with Gasteiger partial charge < -0.3 is 9.32 Å². The number of rotatable bonds is 5. The van der Waals surface area contributed by atoms with Gasteiger partial charge in [-0.15, -0.1) is 22.7 Å². The molecule has 0 aliphatic heterocycles. The van der Waals surface area contributed by atoms with Gasteiger partial charge in [-0.2, -0.15) is 0 Å². The predicted octanol–water partition coefficient (Wildman–Crippen LogP) is 15.1. The lowest BCUT2D eigenvalue weighted by molar-refractivity contribution is 0.669. The molecule has 244 valence electrons. The Morgan fingerprint density at radius 3 is 1.83 bits per heavy atom. The molecule has 0 radical (unpaired) electrons. The minimum atomic E-state index is 0.882. The first-order valence-electron chi connectivity index (χ1n) is 17.5. The molecule has 0 saturated heterocycles. The number of benzene rings is 8. The highest BCUT2D eigenvalue weighted by Crippen LogP contribution is 2.51. The first kappa shape index (κ1) is 29.5. The zero-order valence-electron chi connectivity index (χ0n) is 27.9. The smallest absolute Gasteiger partial charge is 0.137 e. The van der Waals surface area contributed by atoms with Crippen molar-refractivity contribution in [3.63, 3.8) is 0 Å². The van der Waals surface area contributed by atoms with Crippen molar-refractivity contribution in [1.82, 2.24) is 0 Å². The Labute approximate surface area is 308 Å². The molecule has 0 spiro atoms. The molecule has 0 saturated carbocycles. The molecule has 2 nitrogen and oxygen atoms in total. The second-order valence-corrected chi connectivity index (χ2v) is 15.4. The second-order valence-electron chi connectivity index (χ2n) is 13.2. The van der Waals surface area contributed by atoms with Gasteiger partial charge >= 0.3 is 0 Å². The molecule has 11 aromatic rings. The Hall–Kier alpha value is -6.20. The maximum Gasteiger partial charge on any atom is 0.137 e. The number of nitrogens with zero attached hydrogens (tertiary/aromatic N) is 1. The lowest BCUT2D eigenvalue weighted by Crippen LogP contribution is -2.10. The fourth-order valence-electron chi connectivity index (χ4n) is 7.92. The topological polar surface area (TPSA) is 16.4 Å². The minimum Gasteiger partial charge on any atom is -0.456 e. The Kier molecular flexibility index (Phi) is 6.63. The van der Waals surface area contributed by atoms with E-state index in [-0.39, 0.29) is 0 Å². The molecule has 0 fully saturated rings. The molecule has 8 aromatic carbocycles. The van der Waals surface area contributed by atoms with E-state index >= 15 is 0 Å². The van der Waals surface area contributed by atoms with Crippen LogP contribution in [0.1, 0.15) is 0 Å². The number of thiophene rings is 2. The zero-order valence-corrected chi connectivity index (χ0v) is 29.5. The molecule has 52 heavy (non-hydrogen) atoms. The Morgan fingerprint density at radius 2 is 0.981 bits per heavy atom. The van der Waals surface area contributed by atoms with E-state index < -0.39 is 0 Å². The van der Waals surface area contributed by atoms with Crippen molar-refractivity contribution in [3.05, 3.63) is 176 Å². The van der Waals surface area contributed by atoms with Gasteiger partial charge in [-0.1, -0.05) is 115 Å². The Bertz CT molecular complexity index is 3130. The lowest BCUT2D eigenvalue weighted by Gasteiger charge is -2.27. The van der Waals surface area contributed by atoms with Crippen molar-refractivity contribution in [2.75, 3.05) is 4.90 Å². The van der Waals surface area contributed by atoms with Crippen LogP contribution >= 0.6 is 22.7 Å². The van der Waals surface area contributed by atoms with Crippen LogP contribution in [-0.4, -0.2) is 0 Å².